The van der Waals surface area contributed by atoms with Gasteiger partial charge in [-0.2, -0.15) is 0 Å². The molecule has 5 heteroatoms. The summed E-state index contributed by atoms with van der Waals surface area (Å²) in [6.45, 7) is 0. The molecule has 0 aliphatic heterocycles. The van der Waals surface area contributed by atoms with Crippen LogP contribution in [0.15, 0.2) is 66.4 Å². The van der Waals surface area contributed by atoms with Crippen molar-refractivity contribution in [3.63, 3.8) is 0 Å². The monoisotopic (exact) mass is 306 g/mol. The molecule has 4 nitrogen and oxygen atoms in total. The van der Waals surface area contributed by atoms with Gasteiger partial charge in [-0.05, 0) is 11.8 Å². The molecule has 0 saturated carbocycles. The van der Waals surface area contributed by atoms with Gasteiger partial charge in [-0.25, -0.2) is 0 Å². The van der Waals surface area contributed by atoms with Crippen LogP contribution in [0.4, 0.5) is 0 Å². The Bertz CT molecular complexity index is 914. The van der Waals surface area contributed by atoms with Crippen LogP contribution in [0.25, 0.3) is 21.5 Å². The van der Waals surface area contributed by atoms with Gasteiger partial charge >= 0.3 is 0 Å². The molecule has 0 saturated heterocycles. The van der Waals surface area contributed by atoms with Gasteiger partial charge < -0.3 is 14.7 Å². The molecule has 3 aromatic heterocycles. The fraction of sp³-hybridized carbons (Fsp3) is 0. The van der Waals surface area contributed by atoms with E-state index in [9.17, 15) is 5.11 Å². The van der Waals surface area contributed by atoms with Crippen molar-refractivity contribution in [3.8, 4) is 10.6 Å². The molecule has 0 unspecified atom stereocenters. The van der Waals surface area contributed by atoms with E-state index in [1.54, 1.807) is 17.0 Å². The van der Waals surface area contributed by atoms with Crippen molar-refractivity contribution in [3.05, 3.63) is 78.4 Å². The number of aliphatic hydroxyl groups excluding tert-OH is 1. The highest BCUT2D eigenvalue weighted by Crippen LogP contribution is 2.25. The number of nitrogens with zero attached hydrogens (tertiary/aromatic N) is 3. The summed E-state index contributed by atoms with van der Waals surface area (Å²) in [5, 5.41) is 14.3. The van der Waals surface area contributed by atoms with Crippen LogP contribution < -0.4 is 4.57 Å². The summed E-state index contributed by atoms with van der Waals surface area (Å²) in [5.74, 6) is 0. The third-order valence-electron chi connectivity index (χ3n) is 3.47. The Morgan fingerprint density at radius 3 is 3.00 bits per heavy atom. The van der Waals surface area contributed by atoms with Crippen LogP contribution in [0.2, 0.25) is 0 Å². The Labute approximate surface area is 131 Å². The number of aliphatic hydroxyl groups is 1. The van der Waals surface area contributed by atoms with Crippen LogP contribution in [0.1, 0.15) is 5.69 Å². The van der Waals surface area contributed by atoms with Crippen molar-refractivity contribution >= 4 is 22.2 Å². The summed E-state index contributed by atoms with van der Waals surface area (Å²) in [4.78, 5) is 8.61. The number of hydrogen-bond donors (Lipinski definition) is 1. The number of benzene rings is 1. The molecule has 1 aromatic carbocycles. The van der Waals surface area contributed by atoms with Gasteiger partial charge in [-0.3, -0.25) is 4.98 Å². The van der Waals surface area contributed by atoms with Gasteiger partial charge in [0.2, 0.25) is 5.01 Å². The number of rotatable bonds is 3. The normalized spacial score (nSPS) is 11.0. The zero-order valence-electron chi connectivity index (χ0n) is 11.5. The lowest BCUT2D eigenvalue weighted by Crippen LogP contribution is -2.39. The summed E-state index contributed by atoms with van der Waals surface area (Å²) in [7, 11) is 0. The molecule has 22 heavy (non-hydrogen) atoms. The number of fused-ring (bicyclic) bond motifs is 1. The van der Waals surface area contributed by atoms with E-state index < -0.39 is 0 Å². The number of hydrogen-bond acceptors (Lipinski definition) is 3. The molecule has 4 rings (SSSR count). The predicted octanol–water partition coefficient (Wildman–Crippen LogP) is 3.12. The second kappa shape index (κ2) is 5.29. The Morgan fingerprint density at radius 1 is 1.18 bits per heavy atom. The fourth-order valence-corrected chi connectivity index (χ4v) is 3.18. The van der Waals surface area contributed by atoms with Crippen LogP contribution >= 0.6 is 11.3 Å². The summed E-state index contributed by atoms with van der Waals surface area (Å²) in [5.41, 5.74) is 2.46. The van der Waals surface area contributed by atoms with Crippen molar-refractivity contribution in [2.45, 2.75) is 0 Å². The van der Waals surface area contributed by atoms with Gasteiger partial charge in [0.05, 0.1) is 5.52 Å². The minimum Gasteiger partial charge on any atom is -0.404 e. The van der Waals surface area contributed by atoms with Crippen molar-refractivity contribution in [1.29, 1.82) is 0 Å². The van der Waals surface area contributed by atoms with E-state index in [0.717, 1.165) is 21.5 Å². The van der Waals surface area contributed by atoms with Crippen LogP contribution in [0.3, 0.4) is 0 Å². The second-order valence-corrected chi connectivity index (χ2v) is 5.71. The summed E-state index contributed by atoms with van der Waals surface area (Å²) >= 11 is 1.49. The lowest BCUT2D eigenvalue weighted by atomic mass is 10.2. The van der Waals surface area contributed by atoms with Crippen molar-refractivity contribution in [2.75, 3.05) is 0 Å². The quantitative estimate of drug-likeness (QED) is 0.359. The van der Waals surface area contributed by atoms with Crippen LogP contribution in [0.5, 0.6) is 0 Å². The maximum atomic E-state index is 10.5. The van der Waals surface area contributed by atoms with Crippen LogP contribution in [-0.2, 0) is 0 Å². The molecule has 0 bridgehead atoms. The van der Waals surface area contributed by atoms with Gasteiger partial charge in [-0.15, -0.1) is 6.07 Å². The SMILES string of the molecule is O[C-](c1c[s+][c-](-c2cccnc2)n1)[n+]1ccc2cccc[c-]21. The molecule has 108 valence electrons. The lowest BCUT2D eigenvalue weighted by Gasteiger charge is -2.15. The molecule has 0 aliphatic rings. The summed E-state index contributed by atoms with van der Waals surface area (Å²) in [6.07, 6.45) is 5.48. The Balaban J connectivity index is 1.72. The molecule has 0 spiro atoms. The summed E-state index contributed by atoms with van der Waals surface area (Å²) in [6, 6.07) is 13.7. The minimum absolute atomic E-state index is 0.132. The molecule has 0 fully saturated rings. The molecule has 1 N–H and O–H groups in total. The van der Waals surface area contributed by atoms with Crippen LogP contribution in [-0.4, -0.2) is 15.1 Å². The van der Waals surface area contributed by atoms with Crippen molar-refractivity contribution in [2.24, 2.45) is 0 Å². The van der Waals surface area contributed by atoms with Crippen molar-refractivity contribution < 1.29 is 9.67 Å². The van der Waals surface area contributed by atoms with Gasteiger partial charge in [0.25, 0.3) is 0 Å². The molecule has 3 heterocycles. The van der Waals surface area contributed by atoms with E-state index >= 15 is 0 Å². The van der Waals surface area contributed by atoms with E-state index in [4.69, 9.17) is 0 Å². The number of para-hydroxylation sites is 1. The highest BCUT2D eigenvalue weighted by molar-refractivity contribution is 7.13. The molecule has 0 aliphatic carbocycles. The molecule has 0 amide bonds. The zero-order chi connectivity index (χ0) is 14.9. The molecule has 4 aromatic rings. The Kier molecular flexibility index (Phi) is 3.14. The third kappa shape index (κ3) is 2.16. The first-order valence-corrected chi connectivity index (χ1v) is 7.69. The average Bonchev–Trinajstić information content (AvgIpc) is 3.22. The van der Waals surface area contributed by atoms with Gasteiger partial charge in [0.15, 0.2) is 11.3 Å². The first-order chi connectivity index (χ1) is 10.8. The van der Waals surface area contributed by atoms with Gasteiger partial charge in [0, 0.05) is 18.1 Å². The van der Waals surface area contributed by atoms with E-state index in [1.807, 2.05) is 54.0 Å². The first kappa shape index (κ1) is 13.1. The zero-order valence-corrected chi connectivity index (χ0v) is 12.4. The van der Waals surface area contributed by atoms with E-state index in [2.05, 4.69) is 9.97 Å². The molecule has 0 radical (unpaired) electrons. The Morgan fingerprint density at radius 2 is 2.14 bits per heavy atom. The van der Waals surface area contributed by atoms with Gasteiger partial charge in [0.1, 0.15) is 11.6 Å². The summed E-state index contributed by atoms with van der Waals surface area (Å²) < 4.78 is 1.75. The van der Waals surface area contributed by atoms with E-state index in [1.165, 1.54) is 11.3 Å². The van der Waals surface area contributed by atoms with Crippen molar-refractivity contribution in [1.82, 2.24) is 9.97 Å². The molecular formula is C17H12N3OS-. The standard InChI is InChI=1S/C17H12N3OS/c21-17(20-9-7-12-4-1-2-6-15(12)20)14-11-22-16(19-14)13-5-3-8-18-10-13/h1-11,21H/q-1. The van der Waals surface area contributed by atoms with E-state index in [-0.39, 0.29) is 6.23 Å². The Hall–Kier alpha value is -2.63. The first-order valence-electron chi connectivity index (χ1n) is 6.81. The smallest absolute Gasteiger partial charge is 0.249 e. The molecular weight excluding hydrogens is 294 g/mol. The van der Waals surface area contributed by atoms with Crippen LogP contribution in [0, 0.1) is 6.23 Å². The largest absolute Gasteiger partial charge is 0.404 e. The van der Waals surface area contributed by atoms with E-state index in [0.29, 0.717) is 5.69 Å². The number of aromatic nitrogens is 3. The van der Waals surface area contributed by atoms with Gasteiger partial charge in [-0.1, -0.05) is 41.8 Å². The predicted molar refractivity (Wildman–Crippen MR) is 84.8 cm³/mol. The lowest BCUT2D eigenvalue weighted by molar-refractivity contribution is -0.652. The highest BCUT2D eigenvalue weighted by atomic mass is 32.1. The second-order valence-electron chi connectivity index (χ2n) is 4.85. The third-order valence-corrected chi connectivity index (χ3v) is 4.36. The maximum Gasteiger partial charge on any atom is 0.249 e. The topological polar surface area (TPSA) is 49.9 Å². The maximum absolute atomic E-state index is 10.5. The minimum atomic E-state index is 0.132. The highest BCUT2D eigenvalue weighted by Gasteiger charge is 2.15. The number of thiazole rings is 1. The average molecular weight is 306 g/mol. The number of pyridine rings is 1. The fourth-order valence-electron chi connectivity index (χ4n) is 2.39. The molecule has 0 atom stereocenters.